The Hall–Kier alpha value is -3.00. The lowest BCUT2D eigenvalue weighted by Crippen LogP contribution is -1.99. The summed E-state index contributed by atoms with van der Waals surface area (Å²) >= 11 is 0. The second-order valence-electron chi connectivity index (χ2n) is 7.18. The lowest BCUT2D eigenvalue weighted by Gasteiger charge is -2.08. The van der Waals surface area contributed by atoms with Crippen LogP contribution in [0.2, 0.25) is 0 Å². The summed E-state index contributed by atoms with van der Waals surface area (Å²) < 4.78 is 5.97. The minimum Gasteiger partial charge on any atom is -0.513 e. The van der Waals surface area contributed by atoms with Crippen molar-refractivity contribution < 1.29 is 9.84 Å². The molecule has 1 N–H and O–H groups in total. The Morgan fingerprint density at radius 1 is 0.893 bits per heavy atom. The van der Waals surface area contributed by atoms with E-state index >= 15 is 0 Å². The Labute approximate surface area is 168 Å². The fourth-order valence-electron chi connectivity index (χ4n) is 3.48. The zero-order chi connectivity index (χ0) is 19.8. The van der Waals surface area contributed by atoms with Crippen LogP contribution in [0.5, 0.6) is 5.75 Å². The second kappa shape index (κ2) is 9.80. The fourth-order valence-corrected chi connectivity index (χ4v) is 3.48. The lowest BCUT2D eigenvalue weighted by atomic mass is 10.1. The SMILES string of the molecule is C=C(C)O.c1ccc(CCCCOc2ccc3c(c2)Cc2ccccc2-3)cc1. The highest BCUT2D eigenvalue weighted by Gasteiger charge is 2.17. The number of rotatable bonds is 6. The third-order valence-corrected chi connectivity index (χ3v) is 4.74. The first-order valence-electron chi connectivity index (χ1n) is 9.86. The fraction of sp³-hybridized carbons (Fsp3) is 0.231. The summed E-state index contributed by atoms with van der Waals surface area (Å²) in [5, 5.41) is 7.86. The van der Waals surface area contributed by atoms with Gasteiger partial charge in [0, 0.05) is 0 Å². The van der Waals surface area contributed by atoms with Crippen LogP contribution < -0.4 is 4.74 Å². The van der Waals surface area contributed by atoms with Gasteiger partial charge in [-0.15, -0.1) is 0 Å². The van der Waals surface area contributed by atoms with Crippen molar-refractivity contribution in [1.29, 1.82) is 0 Å². The normalized spacial score (nSPS) is 11.0. The van der Waals surface area contributed by atoms with E-state index in [0.717, 1.165) is 31.6 Å². The van der Waals surface area contributed by atoms with Gasteiger partial charge in [-0.1, -0.05) is 67.2 Å². The molecule has 0 bridgehead atoms. The molecule has 0 aliphatic heterocycles. The molecule has 144 valence electrons. The number of hydrogen-bond donors (Lipinski definition) is 1. The summed E-state index contributed by atoms with van der Waals surface area (Å²) in [6.45, 7) is 5.43. The first kappa shape index (κ1) is 19.8. The molecule has 3 aromatic carbocycles. The summed E-state index contributed by atoms with van der Waals surface area (Å²) in [5.41, 5.74) is 6.96. The van der Waals surface area contributed by atoms with Crippen LogP contribution in [0.15, 0.2) is 85.1 Å². The number of unbranched alkanes of at least 4 members (excludes halogenated alkanes) is 1. The molecular weight excluding hydrogens is 344 g/mol. The standard InChI is InChI=1S/C23H22O.C3H6O/c1-2-8-18(9-3-1)10-6-7-15-24-21-13-14-23-20(17-21)16-19-11-4-5-12-22(19)23;1-3(2)4/h1-5,8-9,11-14,17H,6-7,10,15-16H2;4H,1H2,2H3. The first-order valence-corrected chi connectivity index (χ1v) is 9.86. The average Bonchev–Trinajstić information content (AvgIpc) is 3.06. The number of fused-ring (bicyclic) bond motifs is 3. The van der Waals surface area contributed by atoms with E-state index < -0.39 is 0 Å². The van der Waals surface area contributed by atoms with Crippen molar-refractivity contribution >= 4 is 0 Å². The maximum absolute atomic E-state index is 7.86. The Morgan fingerprint density at radius 2 is 1.57 bits per heavy atom. The molecule has 3 aromatic rings. The maximum atomic E-state index is 7.86. The number of aliphatic hydroxyl groups is 1. The summed E-state index contributed by atoms with van der Waals surface area (Å²) in [5.74, 6) is 1.17. The van der Waals surface area contributed by atoms with E-state index in [1.165, 1.54) is 41.2 Å². The Balaban J connectivity index is 0.000000516. The summed E-state index contributed by atoms with van der Waals surface area (Å²) in [6.07, 6.45) is 4.41. The molecule has 0 radical (unpaired) electrons. The number of aliphatic hydroxyl groups excluding tert-OH is 1. The van der Waals surface area contributed by atoms with Crippen molar-refractivity contribution in [3.63, 3.8) is 0 Å². The van der Waals surface area contributed by atoms with Gasteiger partial charge in [0.25, 0.3) is 0 Å². The monoisotopic (exact) mass is 372 g/mol. The third-order valence-electron chi connectivity index (χ3n) is 4.74. The van der Waals surface area contributed by atoms with E-state index in [9.17, 15) is 0 Å². The molecule has 0 fully saturated rings. The van der Waals surface area contributed by atoms with E-state index in [4.69, 9.17) is 9.84 Å². The van der Waals surface area contributed by atoms with Gasteiger partial charge in [0.15, 0.2) is 0 Å². The Kier molecular flexibility index (Phi) is 6.91. The van der Waals surface area contributed by atoms with Crippen LogP contribution in [-0.2, 0) is 12.8 Å². The maximum Gasteiger partial charge on any atom is 0.119 e. The van der Waals surface area contributed by atoms with Crippen LogP contribution in [0.4, 0.5) is 0 Å². The van der Waals surface area contributed by atoms with Gasteiger partial charge in [-0.25, -0.2) is 0 Å². The van der Waals surface area contributed by atoms with Gasteiger partial charge in [-0.3, -0.25) is 0 Å². The van der Waals surface area contributed by atoms with E-state index in [1.54, 1.807) is 0 Å². The largest absolute Gasteiger partial charge is 0.513 e. The quantitative estimate of drug-likeness (QED) is 0.300. The molecule has 1 aliphatic rings. The summed E-state index contributed by atoms with van der Waals surface area (Å²) in [6, 6.07) is 25.9. The summed E-state index contributed by atoms with van der Waals surface area (Å²) in [7, 11) is 0. The molecule has 0 heterocycles. The van der Waals surface area contributed by atoms with Crippen LogP contribution in [0.1, 0.15) is 36.5 Å². The van der Waals surface area contributed by atoms with Gasteiger partial charge in [-0.05, 0) is 72.6 Å². The van der Waals surface area contributed by atoms with Crippen LogP contribution in [0.3, 0.4) is 0 Å². The average molecular weight is 373 g/mol. The highest BCUT2D eigenvalue weighted by atomic mass is 16.5. The van der Waals surface area contributed by atoms with E-state index in [2.05, 4.69) is 79.4 Å². The van der Waals surface area contributed by atoms with Crippen molar-refractivity contribution in [2.75, 3.05) is 6.61 Å². The molecule has 0 unspecified atom stereocenters. The van der Waals surface area contributed by atoms with Crippen LogP contribution >= 0.6 is 0 Å². The number of allylic oxidation sites excluding steroid dienone is 1. The molecule has 0 atom stereocenters. The molecule has 2 heteroatoms. The van der Waals surface area contributed by atoms with Gasteiger partial charge in [0.05, 0.1) is 12.4 Å². The molecule has 28 heavy (non-hydrogen) atoms. The molecule has 1 aliphatic carbocycles. The highest BCUT2D eigenvalue weighted by Crippen LogP contribution is 2.38. The third kappa shape index (κ3) is 5.50. The van der Waals surface area contributed by atoms with Gasteiger partial charge in [-0.2, -0.15) is 0 Å². The van der Waals surface area contributed by atoms with Crippen LogP contribution in [0, 0.1) is 0 Å². The van der Waals surface area contributed by atoms with Gasteiger partial charge in [0.2, 0.25) is 0 Å². The first-order chi connectivity index (χ1) is 13.6. The van der Waals surface area contributed by atoms with Gasteiger partial charge in [0.1, 0.15) is 5.75 Å². The smallest absolute Gasteiger partial charge is 0.119 e. The molecule has 0 amide bonds. The topological polar surface area (TPSA) is 29.5 Å². The van der Waals surface area contributed by atoms with Crippen molar-refractivity contribution in [2.24, 2.45) is 0 Å². The zero-order valence-electron chi connectivity index (χ0n) is 16.5. The number of benzene rings is 3. The number of hydrogen-bond acceptors (Lipinski definition) is 2. The number of aryl methyl sites for hydroxylation is 1. The van der Waals surface area contributed by atoms with Crippen molar-refractivity contribution in [3.05, 3.63) is 102 Å². The van der Waals surface area contributed by atoms with Gasteiger partial charge < -0.3 is 9.84 Å². The van der Waals surface area contributed by atoms with E-state index in [0.29, 0.717) is 0 Å². The summed E-state index contributed by atoms with van der Waals surface area (Å²) in [4.78, 5) is 0. The number of ether oxygens (including phenoxy) is 1. The Morgan fingerprint density at radius 3 is 2.36 bits per heavy atom. The lowest BCUT2D eigenvalue weighted by molar-refractivity contribution is 0.307. The zero-order valence-corrected chi connectivity index (χ0v) is 16.5. The molecule has 0 saturated heterocycles. The predicted octanol–water partition coefficient (Wildman–Crippen LogP) is 6.74. The minimum absolute atomic E-state index is 0.167. The molecule has 0 saturated carbocycles. The van der Waals surface area contributed by atoms with Crippen LogP contribution in [0.25, 0.3) is 11.1 Å². The van der Waals surface area contributed by atoms with Crippen molar-refractivity contribution in [2.45, 2.75) is 32.6 Å². The van der Waals surface area contributed by atoms with Crippen LogP contribution in [-0.4, -0.2) is 11.7 Å². The predicted molar refractivity (Wildman–Crippen MR) is 117 cm³/mol. The van der Waals surface area contributed by atoms with E-state index in [-0.39, 0.29) is 5.76 Å². The molecular formula is C26H28O2. The van der Waals surface area contributed by atoms with Crippen molar-refractivity contribution in [1.82, 2.24) is 0 Å². The minimum atomic E-state index is 0.167. The highest BCUT2D eigenvalue weighted by molar-refractivity contribution is 5.77. The molecule has 2 nitrogen and oxygen atoms in total. The molecule has 0 aromatic heterocycles. The van der Waals surface area contributed by atoms with Crippen molar-refractivity contribution in [3.8, 4) is 16.9 Å². The second-order valence-corrected chi connectivity index (χ2v) is 7.18. The van der Waals surface area contributed by atoms with E-state index in [1.807, 2.05) is 0 Å². The molecule has 0 spiro atoms. The van der Waals surface area contributed by atoms with Gasteiger partial charge >= 0.3 is 0 Å². The Bertz CT molecular complexity index is 909. The molecule has 4 rings (SSSR count).